The third kappa shape index (κ3) is 5.63. The first-order valence-electron chi connectivity index (χ1n) is 16.0. The highest BCUT2D eigenvalue weighted by Crippen LogP contribution is 2.49. The van der Waals surface area contributed by atoms with Crippen molar-refractivity contribution in [3.63, 3.8) is 0 Å². The van der Waals surface area contributed by atoms with Crippen LogP contribution in [0.4, 0.5) is 0 Å². The minimum atomic E-state index is -1.05. The summed E-state index contributed by atoms with van der Waals surface area (Å²) in [5.41, 5.74) is 3.60. The molecule has 1 N–H and O–H groups in total. The molecule has 2 heterocycles. The summed E-state index contributed by atoms with van der Waals surface area (Å²) in [6.45, 7) is 2.04. The van der Waals surface area contributed by atoms with E-state index in [1.807, 2.05) is 31.2 Å². The summed E-state index contributed by atoms with van der Waals surface area (Å²) in [5.74, 6) is -0.287. The lowest BCUT2D eigenvalue weighted by Gasteiger charge is -2.38. The SMILES string of the molecule is C[C@@H](CC1(c2nc(=O)on2C)c2ccc(C(=O)N(C)C)cc2CCc2cc(C(=O)N(C)C)ccc21)NCC(=O)N1[C@H](C#N)C[C@@H]2C[C@@H]21. The average molecular weight is 640 g/mol. The second-order valence-electron chi connectivity index (χ2n) is 13.6. The van der Waals surface area contributed by atoms with Gasteiger partial charge < -0.3 is 24.5 Å². The van der Waals surface area contributed by atoms with Crippen LogP contribution in [0.3, 0.4) is 0 Å². The van der Waals surface area contributed by atoms with E-state index < -0.39 is 17.2 Å². The van der Waals surface area contributed by atoms with Gasteiger partial charge in [0.05, 0.1) is 18.0 Å². The van der Waals surface area contributed by atoms with Crippen molar-refractivity contribution in [2.24, 2.45) is 13.0 Å². The maximum atomic E-state index is 13.4. The minimum Gasteiger partial charge on any atom is -0.345 e. The predicted molar refractivity (Wildman–Crippen MR) is 173 cm³/mol. The summed E-state index contributed by atoms with van der Waals surface area (Å²) in [4.78, 5) is 61.4. The Morgan fingerprint density at radius 2 is 1.60 bits per heavy atom. The maximum Gasteiger partial charge on any atom is 0.459 e. The number of rotatable bonds is 8. The molecule has 2 aliphatic carbocycles. The summed E-state index contributed by atoms with van der Waals surface area (Å²) in [7, 11) is 8.49. The highest BCUT2D eigenvalue weighted by molar-refractivity contribution is 5.95. The van der Waals surface area contributed by atoms with Crippen LogP contribution in [0.25, 0.3) is 0 Å². The van der Waals surface area contributed by atoms with E-state index in [1.54, 1.807) is 52.3 Å². The highest BCUT2D eigenvalue weighted by Gasteiger charge is 2.54. The predicted octanol–water partition coefficient (Wildman–Crippen LogP) is 2.09. The van der Waals surface area contributed by atoms with Gasteiger partial charge in [0.15, 0.2) is 5.82 Å². The lowest BCUT2D eigenvalue weighted by Crippen LogP contribution is -2.46. The molecule has 4 atom stereocenters. The van der Waals surface area contributed by atoms with Crippen LogP contribution in [0.1, 0.15) is 75.0 Å². The fourth-order valence-electron chi connectivity index (χ4n) is 7.70. The zero-order valence-electron chi connectivity index (χ0n) is 27.7. The molecule has 12 nitrogen and oxygen atoms in total. The van der Waals surface area contributed by atoms with Crippen LogP contribution >= 0.6 is 0 Å². The molecule has 3 aliphatic rings. The van der Waals surface area contributed by atoms with Crippen LogP contribution in [-0.2, 0) is 30.1 Å². The molecule has 1 saturated heterocycles. The van der Waals surface area contributed by atoms with E-state index in [1.165, 1.54) is 14.5 Å². The van der Waals surface area contributed by atoms with Crippen LogP contribution in [0.5, 0.6) is 0 Å². The van der Waals surface area contributed by atoms with Crippen molar-refractivity contribution in [1.29, 1.82) is 5.26 Å². The number of carbonyl (C=O) groups is 3. The van der Waals surface area contributed by atoms with Crippen LogP contribution < -0.4 is 11.1 Å². The van der Waals surface area contributed by atoms with E-state index in [0.29, 0.717) is 42.1 Å². The Kier molecular flexibility index (Phi) is 8.30. The molecule has 0 radical (unpaired) electrons. The number of nitriles is 1. The van der Waals surface area contributed by atoms with Crippen molar-refractivity contribution in [2.75, 3.05) is 34.7 Å². The van der Waals surface area contributed by atoms with Crippen molar-refractivity contribution in [2.45, 2.75) is 62.6 Å². The van der Waals surface area contributed by atoms with E-state index in [0.717, 1.165) is 35.1 Å². The molecule has 1 aromatic heterocycles. The second kappa shape index (κ2) is 12.1. The number of fused-ring (bicyclic) bond motifs is 3. The molecule has 0 spiro atoms. The summed E-state index contributed by atoms with van der Waals surface area (Å²) in [6.07, 6.45) is 3.22. The summed E-state index contributed by atoms with van der Waals surface area (Å²) in [5, 5.41) is 13.0. The van der Waals surface area contributed by atoms with Gasteiger partial charge in [-0.1, -0.05) is 12.1 Å². The van der Waals surface area contributed by atoms with Crippen LogP contribution in [0, 0.1) is 17.2 Å². The highest BCUT2D eigenvalue weighted by atomic mass is 16.5. The number of nitrogens with zero attached hydrogens (tertiary/aromatic N) is 6. The van der Waals surface area contributed by atoms with Crippen molar-refractivity contribution in [3.05, 3.63) is 86.2 Å². The van der Waals surface area contributed by atoms with Gasteiger partial charge in [0.2, 0.25) is 5.91 Å². The lowest BCUT2D eigenvalue weighted by molar-refractivity contribution is -0.131. The lowest BCUT2D eigenvalue weighted by atomic mass is 9.67. The molecule has 1 aliphatic heterocycles. The smallest absolute Gasteiger partial charge is 0.345 e. The van der Waals surface area contributed by atoms with Gasteiger partial charge in [-0.3, -0.25) is 14.4 Å². The topological polar surface area (TPSA) is 145 Å². The van der Waals surface area contributed by atoms with Gasteiger partial charge in [-0.2, -0.15) is 15.0 Å². The van der Waals surface area contributed by atoms with Gasteiger partial charge in [0, 0.05) is 58.4 Å². The molecule has 0 bridgehead atoms. The minimum absolute atomic E-state index is 0.0582. The number of piperidine rings is 1. The Bertz CT molecular complexity index is 1780. The molecule has 2 aromatic carbocycles. The summed E-state index contributed by atoms with van der Waals surface area (Å²) < 4.78 is 6.85. The molecule has 47 heavy (non-hydrogen) atoms. The van der Waals surface area contributed by atoms with Gasteiger partial charge in [-0.05, 0) is 91.5 Å². The number of likely N-dealkylation sites (tertiary alicyclic amines) is 1. The Balaban J connectivity index is 1.47. The molecule has 0 unspecified atom stereocenters. The number of aryl methyl sites for hydroxylation is 3. The van der Waals surface area contributed by atoms with Crippen molar-refractivity contribution in [3.8, 4) is 6.07 Å². The van der Waals surface area contributed by atoms with Crippen molar-refractivity contribution in [1.82, 2.24) is 29.7 Å². The zero-order valence-corrected chi connectivity index (χ0v) is 27.7. The normalized spacial score (nSPS) is 21.0. The molecular weight excluding hydrogens is 598 g/mol. The van der Waals surface area contributed by atoms with Gasteiger partial charge in [-0.15, -0.1) is 0 Å². The van der Waals surface area contributed by atoms with Crippen molar-refractivity contribution < 1.29 is 18.9 Å². The monoisotopic (exact) mass is 639 g/mol. The molecule has 1 saturated carbocycles. The average Bonchev–Trinajstić information content (AvgIpc) is 3.61. The van der Waals surface area contributed by atoms with E-state index in [4.69, 9.17) is 4.52 Å². The second-order valence-corrected chi connectivity index (χ2v) is 13.6. The Hall–Kier alpha value is -4.76. The first kappa shape index (κ1) is 32.2. The van der Waals surface area contributed by atoms with Crippen molar-refractivity contribution >= 4 is 17.7 Å². The fraction of sp³-hybridized carbons (Fsp3) is 0.486. The quantitative estimate of drug-likeness (QED) is 0.395. The van der Waals surface area contributed by atoms with Gasteiger partial charge in [0.1, 0.15) is 6.04 Å². The molecule has 246 valence electrons. The van der Waals surface area contributed by atoms with E-state index in [2.05, 4.69) is 16.4 Å². The van der Waals surface area contributed by atoms with E-state index >= 15 is 0 Å². The summed E-state index contributed by atoms with van der Waals surface area (Å²) >= 11 is 0. The molecule has 3 amide bonds. The van der Waals surface area contributed by atoms with Gasteiger partial charge in [0.25, 0.3) is 11.8 Å². The Morgan fingerprint density at radius 1 is 1.02 bits per heavy atom. The zero-order chi connectivity index (χ0) is 33.8. The summed E-state index contributed by atoms with van der Waals surface area (Å²) in [6, 6.07) is 13.0. The molecule has 3 aromatic rings. The molecule has 6 rings (SSSR count). The number of amides is 3. The number of nitrogens with one attached hydrogen (secondary N) is 1. The largest absolute Gasteiger partial charge is 0.459 e. The number of hydrogen-bond donors (Lipinski definition) is 1. The molecular formula is C35H41N7O5. The van der Waals surface area contributed by atoms with Crippen LogP contribution in [-0.4, -0.2) is 95.0 Å². The molecule has 12 heteroatoms. The Labute approximate surface area is 273 Å². The first-order chi connectivity index (χ1) is 22.3. The standard InChI is InChI=1S/C35H41N7O5/c1-20(37-19-30(43)42-26(18-36)15-25-16-29(25)42)17-35(33-38-34(46)47-41(33)6)27-11-9-23(31(44)39(2)3)13-21(27)7-8-22-14-24(10-12-28(22)35)32(45)40(4)5/h9-14,20,25-26,29,37H,7-8,15-17,19H2,1-6H3/t20-,25+,26-,29-/m0/s1. The fourth-order valence-corrected chi connectivity index (χ4v) is 7.70. The molecule has 2 fully saturated rings. The third-order valence-corrected chi connectivity index (χ3v) is 9.95. The first-order valence-corrected chi connectivity index (χ1v) is 16.0. The van der Waals surface area contributed by atoms with E-state index in [9.17, 15) is 24.4 Å². The number of benzene rings is 2. The van der Waals surface area contributed by atoms with E-state index in [-0.39, 0.29) is 36.3 Å². The third-order valence-electron chi connectivity index (χ3n) is 9.95. The van der Waals surface area contributed by atoms with Gasteiger partial charge >= 0.3 is 5.76 Å². The number of carbonyl (C=O) groups excluding carboxylic acids is 3. The van der Waals surface area contributed by atoms with Crippen LogP contribution in [0.2, 0.25) is 0 Å². The Morgan fingerprint density at radius 3 is 2.09 bits per heavy atom. The van der Waals surface area contributed by atoms with Crippen LogP contribution in [0.15, 0.2) is 45.7 Å². The maximum absolute atomic E-state index is 13.4. The number of hydrogen-bond acceptors (Lipinski definition) is 8. The van der Waals surface area contributed by atoms with Gasteiger partial charge in [-0.25, -0.2) is 4.79 Å². The number of aromatic nitrogens is 2.